The van der Waals surface area contributed by atoms with Crippen LogP contribution < -0.4 is 67.5 Å². The number of aryl methyl sites for hydroxylation is 12. The van der Waals surface area contributed by atoms with Gasteiger partial charge >= 0.3 is 34.1 Å². The van der Waals surface area contributed by atoms with Gasteiger partial charge in [-0.05, 0) is 0 Å². The minimum atomic E-state index is -2.76. The number of rotatable bonds is 0. The smallest absolute Gasteiger partial charge is 0.328 e. The highest BCUT2D eigenvalue weighted by atomic mass is 16.2. The number of nitrogens with one attached hydrogen (secondary N) is 6. The first-order valence-electron chi connectivity index (χ1n) is 27.4. The SMILES string of the molecule is C.[2H]c1nc2c(c(=O)[nH]c(=O)n2C([2H])([2H])[2H])n1C.[2H]c1nc2c(c(=O)[nH]c(=O)n2C([2H])([2H])[2H])n1C.[2H]c1nc2c(c(=O)[nH]c(=O)n2C)n1C.[2H]c1nc2c(c(=O)[nH]c(=O)n2C)n1C.[2H]c1nc2c(c(=O)[nH]c(=O)n2C)n1C.[2H]c1nc2c(c(=O)[nH]c(=O)n2C)n1C. The molecule has 0 bridgehead atoms. The quantitative estimate of drug-likeness (QED) is 0.0824. The van der Waals surface area contributed by atoms with Gasteiger partial charge in [0, 0.05) is 92.7 Å². The van der Waals surface area contributed by atoms with Gasteiger partial charge < -0.3 is 27.4 Å². The summed E-state index contributed by atoms with van der Waals surface area (Å²) in [5, 5.41) is 0. The van der Waals surface area contributed by atoms with Crippen LogP contribution in [0.4, 0.5) is 0 Å². The Labute approximate surface area is 452 Å². The van der Waals surface area contributed by atoms with Gasteiger partial charge in [-0.3, -0.25) is 86.1 Å². The van der Waals surface area contributed by atoms with E-state index in [0.717, 1.165) is 9.13 Å². The maximum Gasteiger partial charge on any atom is 0.329 e. The molecule has 12 aromatic rings. The van der Waals surface area contributed by atoms with Crippen molar-refractivity contribution in [3.05, 3.63) is 163 Å². The van der Waals surface area contributed by atoms with Crippen LogP contribution in [0.15, 0.2) is 95.4 Å². The second kappa shape index (κ2) is 22.0. The third-order valence-electron chi connectivity index (χ3n) is 11.1. The first kappa shape index (κ1) is 42.2. The Balaban J connectivity index is 0.000000174. The van der Waals surface area contributed by atoms with Gasteiger partial charge in [0.25, 0.3) is 33.4 Å². The Kier molecular flexibility index (Phi) is 11.7. The molecule has 6 N–H and O–H groups in total. The topological polar surface area (TPSA) is 436 Å². The van der Waals surface area contributed by atoms with Crippen molar-refractivity contribution in [2.75, 3.05) is 0 Å². The standard InChI is InChI=1S/6C7H8N4O2.CH4/c6*1-10-3-8-5-4(10)6(12)9-7(13)11(5)2;/h6*3H,1-2H3,(H,9,12,13);1H4/i2*2D3,3D;4*3D;. The second-order valence-corrected chi connectivity index (χ2v) is 16.1. The van der Waals surface area contributed by atoms with E-state index in [-0.39, 0.29) is 112 Å². The molecule has 0 aliphatic heterocycles. The second-order valence-electron chi connectivity index (χ2n) is 16.1. The third kappa shape index (κ3) is 10.6. The molecule has 0 spiro atoms. The van der Waals surface area contributed by atoms with E-state index in [1.807, 2.05) is 9.97 Å². The molecule has 12 aromatic heterocycles. The van der Waals surface area contributed by atoms with Gasteiger partial charge in [-0.1, -0.05) is 7.43 Å². The molecule has 12 rings (SSSR count). The summed E-state index contributed by atoms with van der Waals surface area (Å²) >= 11 is 0. The predicted octanol–water partition coefficient (Wildman–Crippen LogP) is -5.60. The molecule has 0 saturated heterocycles. The highest BCUT2D eigenvalue weighted by molar-refractivity contribution is 5.72. The Morgan fingerprint density at radius 3 is 0.582 bits per heavy atom. The fourth-order valence-corrected chi connectivity index (χ4v) is 6.98. The molecule has 12 heterocycles. The average Bonchev–Trinajstić information content (AvgIpc) is 1.94. The zero-order valence-electron chi connectivity index (χ0n) is 53.9. The van der Waals surface area contributed by atoms with Gasteiger partial charge in [-0.25, -0.2) is 58.7 Å². The molecular formula is C43H52N24O12. The highest BCUT2D eigenvalue weighted by Gasteiger charge is 2.13. The summed E-state index contributed by atoms with van der Waals surface area (Å²) in [5.74, 6) is 0. The van der Waals surface area contributed by atoms with E-state index < -0.39 is 81.4 Å². The van der Waals surface area contributed by atoms with Crippen molar-refractivity contribution in [2.24, 2.45) is 84.4 Å². The van der Waals surface area contributed by atoms with E-state index in [9.17, 15) is 57.5 Å². The minimum absolute atomic E-state index is 0. The van der Waals surface area contributed by atoms with Gasteiger partial charge in [-0.2, -0.15) is 0 Å². The third-order valence-corrected chi connectivity index (χ3v) is 11.1. The fraction of sp³-hybridized carbons (Fsp3) is 0.302. The summed E-state index contributed by atoms with van der Waals surface area (Å²) in [4.78, 5) is 171. The van der Waals surface area contributed by atoms with Gasteiger partial charge in [0.2, 0.25) is 0 Å². The van der Waals surface area contributed by atoms with Crippen molar-refractivity contribution in [2.45, 2.75) is 7.43 Å². The van der Waals surface area contributed by atoms with E-state index in [1.54, 1.807) is 28.2 Å². The minimum Gasteiger partial charge on any atom is -0.328 e. The summed E-state index contributed by atoms with van der Waals surface area (Å²) in [6.45, 7) is -5.53. The molecule has 0 radical (unpaired) electrons. The zero-order chi connectivity index (χ0) is 67.7. The first-order valence-corrected chi connectivity index (χ1v) is 21.4. The van der Waals surface area contributed by atoms with Crippen molar-refractivity contribution >= 4 is 67.0 Å². The number of hydrogen-bond acceptors (Lipinski definition) is 18. The van der Waals surface area contributed by atoms with Crippen LogP contribution in [0.25, 0.3) is 67.0 Å². The predicted molar refractivity (Wildman–Crippen MR) is 286 cm³/mol. The lowest BCUT2D eigenvalue weighted by Gasteiger charge is -1.97. The van der Waals surface area contributed by atoms with Crippen molar-refractivity contribution in [1.82, 2.24) is 115 Å². The molecule has 36 heteroatoms. The molecule has 0 atom stereocenters. The lowest BCUT2D eigenvalue weighted by molar-refractivity contribution is 0.829. The number of imidazole rings is 6. The fourth-order valence-electron chi connectivity index (χ4n) is 6.98. The van der Waals surface area contributed by atoms with Crippen molar-refractivity contribution in [1.29, 1.82) is 0 Å². The summed E-state index contributed by atoms with van der Waals surface area (Å²) in [5.41, 5.74) is -6.87. The van der Waals surface area contributed by atoms with Crippen molar-refractivity contribution < 1.29 is 16.4 Å². The van der Waals surface area contributed by atoms with Crippen LogP contribution in [0.2, 0.25) is 0 Å². The highest BCUT2D eigenvalue weighted by Crippen LogP contribution is 2.05. The molecule has 0 saturated carbocycles. The maximum absolute atomic E-state index is 11.5. The molecule has 0 aromatic carbocycles. The monoisotopic (exact) mass is 1110 g/mol. The summed E-state index contributed by atoms with van der Waals surface area (Å²) in [6, 6.07) is 0. The average molecular weight is 1110 g/mol. The van der Waals surface area contributed by atoms with Gasteiger partial charge in [0.1, 0.15) is 8.22 Å². The van der Waals surface area contributed by atoms with Crippen molar-refractivity contribution in [3.63, 3.8) is 0 Å². The normalized spacial score (nSPS) is 13.3. The molecule has 0 aliphatic carbocycles. The Bertz CT molecular complexity index is 5130. The molecule has 0 amide bonds. The Hall–Kier alpha value is -11.1. The molecule has 0 unspecified atom stereocenters. The number of hydrogen-bond donors (Lipinski definition) is 6. The lowest BCUT2D eigenvalue weighted by Crippen LogP contribution is -2.28. The Morgan fingerprint density at radius 1 is 0.291 bits per heavy atom. The van der Waals surface area contributed by atoms with E-state index in [4.69, 9.17) is 16.4 Å². The van der Waals surface area contributed by atoms with Crippen LogP contribution in [-0.2, 0) is 84.4 Å². The maximum atomic E-state index is 11.5. The zero-order valence-corrected chi connectivity index (χ0v) is 41.9. The molecular weight excluding hydrogens is 1040 g/mol. The molecule has 0 fully saturated rings. The van der Waals surface area contributed by atoms with Crippen LogP contribution in [0.5, 0.6) is 0 Å². The molecule has 0 aliphatic rings. The van der Waals surface area contributed by atoms with Gasteiger partial charge in [-0.15, -0.1) is 0 Å². The Morgan fingerprint density at radius 2 is 0.430 bits per heavy atom. The number of aromatic amines is 6. The molecule has 36 nitrogen and oxygen atoms in total. The number of nitrogens with zero attached hydrogens (tertiary/aromatic N) is 18. The van der Waals surface area contributed by atoms with Crippen LogP contribution in [0, 0.1) is 0 Å². The lowest BCUT2D eigenvalue weighted by atomic mass is 10.5. The summed E-state index contributed by atoms with van der Waals surface area (Å²) < 4.78 is 101. The summed E-state index contributed by atoms with van der Waals surface area (Å²) in [7, 11) is 15.0. The summed E-state index contributed by atoms with van der Waals surface area (Å²) in [6.07, 6.45) is -0.792. The largest absolute Gasteiger partial charge is 0.329 e. The van der Waals surface area contributed by atoms with E-state index in [2.05, 4.69) is 49.8 Å². The number of fused-ring (bicyclic) bond motifs is 6. The van der Waals surface area contributed by atoms with Gasteiger partial charge in [0.15, 0.2) is 67.0 Å². The van der Waals surface area contributed by atoms with Crippen LogP contribution >= 0.6 is 0 Å². The molecule has 79 heavy (non-hydrogen) atoms. The number of aromatic nitrogens is 24. The van der Waals surface area contributed by atoms with E-state index in [1.165, 1.54) is 78.8 Å². The van der Waals surface area contributed by atoms with Crippen LogP contribution in [-0.4, -0.2) is 115 Å². The first-order chi connectivity index (χ1) is 41.5. The molecule has 416 valence electrons. The van der Waals surface area contributed by atoms with Gasteiger partial charge in [0.05, 0.1) is 37.8 Å². The van der Waals surface area contributed by atoms with E-state index in [0.29, 0.717) is 9.13 Å². The van der Waals surface area contributed by atoms with E-state index >= 15 is 0 Å². The number of H-pyrrole nitrogens is 6. The van der Waals surface area contributed by atoms with Crippen LogP contribution in [0.3, 0.4) is 0 Å². The van der Waals surface area contributed by atoms with Crippen molar-refractivity contribution in [3.8, 4) is 0 Å². The van der Waals surface area contributed by atoms with Crippen LogP contribution in [0.1, 0.15) is 23.9 Å².